The number of aromatic nitrogens is 3. The van der Waals surface area contributed by atoms with E-state index in [1.165, 1.54) is 5.56 Å². The first-order valence-corrected chi connectivity index (χ1v) is 14.8. The smallest absolute Gasteiger partial charge is 0.169 e. The number of phenols is 1. The van der Waals surface area contributed by atoms with E-state index < -0.39 is 0 Å². The highest BCUT2D eigenvalue weighted by Gasteiger charge is 2.43. The number of fused-ring (bicyclic) bond motifs is 2. The number of likely N-dealkylation sites (tertiary alicyclic amines) is 1. The Labute approximate surface area is 251 Å². The van der Waals surface area contributed by atoms with Crippen molar-refractivity contribution in [2.45, 2.75) is 30.3 Å². The third-order valence-electron chi connectivity index (χ3n) is 9.11. The molecular formula is C34H35N7O2. The fraction of sp³-hybridized carbons (Fsp3) is 0.324. The number of piperazine rings is 1. The molecule has 7 rings (SSSR count). The van der Waals surface area contributed by atoms with Crippen LogP contribution in [0.3, 0.4) is 0 Å². The van der Waals surface area contributed by atoms with E-state index in [1.54, 1.807) is 12.1 Å². The lowest BCUT2D eigenvalue weighted by molar-refractivity contribution is 0.0296. The molecule has 5 heterocycles. The summed E-state index contributed by atoms with van der Waals surface area (Å²) in [5, 5.41) is 28.9. The molecule has 2 aromatic heterocycles. The van der Waals surface area contributed by atoms with Crippen molar-refractivity contribution in [2.75, 3.05) is 54.9 Å². The van der Waals surface area contributed by atoms with Crippen molar-refractivity contribution >= 4 is 17.2 Å². The Morgan fingerprint density at radius 1 is 0.930 bits per heavy atom. The number of aliphatic hydroxyl groups excluding tert-OH is 1. The molecule has 2 aromatic carbocycles. The van der Waals surface area contributed by atoms with Gasteiger partial charge in [0.1, 0.15) is 11.4 Å². The highest BCUT2D eigenvalue weighted by molar-refractivity contribution is 5.74. The SMILES string of the molecule is Nc1nnc(-c2ccccc2O)cc1N1CC2CCC(C1)N2c1ccnc(C#CCN2CC(CO)(c3ccccc3)C2)c1. The van der Waals surface area contributed by atoms with Crippen LogP contribution >= 0.6 is 0 Å². The second-order valence-corrected chi connectivity index (χ2v) is 11.9. The molecule has 4 N–H and O–H groups in total. The second kappa shape index (κ2) is 11.2. The van der Waals surface area contributed by atoms with Gasteiger partial charge in [0.2, 0.25) is 0 Å². The van der Waals surface area contributed by atoms with Crippen LogP contribution in [0.5, 0.6) is 5.75 Å². The van der Waals surface area contributed by atoms with Gasteiger partial charge in [-0.3, -0.25) is 4.90 Å². The Kier molecular flexibility index (Phi) is 7.09. The lowest BCUT2D eigenvalue weighted by atomic mass is 9.74. The van der Waals surface area contributed by atoms with E-state index in [0.717, 1.165) is 56.1 Å². The van der Waals surface area contributed by atoms with Gasteiger partial charge in [-0.15, -0.1) is 10.2 Å². The number of phenolic OH excluding ortho intramolecular Hbond substituents is 1. The summed E-state index contributed by atoms with van der Waals surface area (Å²) in [6.45, 7) is 4.03. The maximum atomic E-state index is 10.3. The van der Waals surface area contributed by atoms with Crippen molar-refractivity contribution < 1.29 is 10.2 Å². The Bertz CT molecular complexity index is 1670. The molecule has 2 atom stereocenters. The minimum atomic E-state index is -0.190. The molecule has 0 aliphatic carbocycles. The van der Waals surface area contributed by atoms with Crippen LogP contribution in [-0.4, -0.2) is 81.7 Å². The summed E-state index contributed by atoms with van der Waals surface area (Å²) in [6.07, 6.45) is 4.04. The first-order chi connectivity index (χ1) is 21.0. The van der Waals surface area contributed by atoms with Crippen LogP contribution in [0.15, 0.2) is 79.0 Å². The van der Waals surface area contributed by atoms with E-state index in [1.807, 2.05) is 42.6 Å². The van der Waals surface area contributed by atoms with Crippen molar-refractivity contribution in [1.82, 2.24) is 20.1 Å². The number of anilines is 3. The average Bonchev–Trinajstić information content (AvgIpc) is 3.28. The van der Waals surface area contributed by atoms with E-state index in [2.05, 4.69) is 66.0 Å². The maximum Gasteiger partial charge on any atom is 0.169 e. The minimum absolute atomic E-state index is 0.141. The quantitative estimate of drug-likeness (QED) is 0.299. The molecule has 2 bridgehead atoms. The molecule has 3 aliphatic heterocycles. The molecule has 9 heteroatoms. The van der Waals surface area contributed by atoms with Crippen molar-refractivity contribution in [3.63, 3.8) is 0 Å². The van der Waals surface area contributed by atoms with Gasteiger partial charge < -0.3 is 25.7 Å². The summed E-state index contributed by atoms with van der Waals surface area (Å²) >= 11 is 0. The number of nitrogens with two attached hydrogens (primary N) is 1. The largest absolute Gasteiger partial charge is 0.507 e. The zero-order valence-corrected chi connectivity index (χ0v) is 24.0. The van der Waals surface area contributed by atoms with Crippen LogP contribution in [0.2, 0.25) is 0 Å². The fourth-order valence-corrected chi connectivity index (χ4v) is 6.97. The van der Waals surface area contributed by atoms with Crippen molar-refractivity contribution in [1.29, 1.82) is 0 Å². The lowest BCUT2D eigenvalue weighted by Crippen LogP contribution is -2.61. The molecule has 0 saturated carbocycles. The number of aliphatic hydroxyl groups is 1. The van der Waals surface area contributed by atoms with Crippen LogP contribution in [0.25, 0.3) is 11.3 Å². The van der Waals surface area contributed by atoms with Gasteiger partial charge in [0.25, 0.3) is 0 Å². The monoisotopic (exact) mass is 573 g/mol. The molecule has 3 aliphatic rings. The number of nitrogens with zero attached hydrogens (tertiary/aromatic N) is 6. The molecule has 4 aromatic rings. The van der Waals surface area contributed by atoms with Crippen LogP contribution in [0.1, 0.15) is 24.1 Å². The molecule has 3 saturated heterocycles. The fourth-order valence-electron chi connectivity index (χ4n) is 6.97. The van der Waals surface area contributed by atoms with Gasteiger partial charge in [0.05, 0.1) is 24.5 Å². The number of nitrogen functional groups attached to an aromatic ring is 1. The molecule has 3 fully saturated rings. The minimum Gasteiger partial charge on any atom is -0.507 e. The zero-order valence-electron chi connectivity index (χ0n) is 24.0. The van der Waals surface area contributed by atoms with Gasteiger partial charge >= 0.3 is 0 Å². The van der Waals surface area contributed by atoms with Crippen molar-refractivity contribution in [3.8, 4) is 28.8 Å². The first-order valence-electron chi connectivity index (χ1n) is 14.8. The molecule has 218 valence electrons. The average molecular weight is 574 g/mol. The number of aromatic hydroxyl groups is 1. The normalized spacial score (nSPS) is 20.8. The van der Waals surface area contributed by atoms with Crippen molar-refractivity contribution in [3.05, 3.63) is 90.3 Å². The first kappa shape index (κ1) is 27.2. The summed E-state index contributed by atoms with van der Waals surface area (Å²) in [6, 6.07) is 24.2. The van der Waals surface area contributed by atoms with Crippen LogP contribution < -0.4 is 15.5 Å². The number of benzene rings is 2. The molecule has 0 radical (unpaired) electrons. The summed E-state index contributed by atoms with van der Waals surface area (Å²) in [5.41, 5.74) is 11.3. The summed E-state index contributed by atoms with van der Waals surface area (Å²) in [4.78, 5) is 11.6. The number of rotatable bonds is 6. The molecular weight excluding hydrogens is 538 g/mol. The van der Waals surface area contributed by atoms with Gasteiger partial charge in [-0.1, -0.05) is 48.4 Å². The predicted molar refractivity (Wildman–Crippen MR) is 168 cm³/mol. The van der Waals surface area contributed by atoms with E-state index in [9.17, 15) is 10.2 Å². The number of hydrogen-bond acceptors (Lipinski definition) is 9. The number of pyridine rings is 1. The zero-order chi connectivity index (χ0) is 29.4. The third kappa shape index (κ3) is 5.13. The highest BCUT2D eigenvalue weighted by Crippen LogP contribution is 2.39. The number of hydrogen-bond donors (Lipinski definition) is 3. The summed E-state index contributed by atoms with van der Waals surface area (Å²) < 4.78 is 0. The molecule has 43 heavy (non-hydrogen) atoms. The van der Waals surface area contributed by atoms with Gasteiger partial charge in [0, 0.05) is 61.1 Å². The van der Waals surface area contributed by atoms with Crippen LogP contribution in [0.4, 0.5) is 17.2 Å². The van der Waals surface area contributed by atoms with Crippen molar-refractivity contribution in [2.24, 2.45) is 0 Å². The van der Waals surface area contributed by atoms with E-state index in [0.29, 0.717) is 35.7 Å². The summed E-state index contributed by atoms with van der Waals surface area (Å²) in [5.74, 6) is 7.14. The molecule has 2 unspecified atom stereocenters. The molecule has 0 amide bonds. The van der Waals surface area contributed by atoms with Crippen LogP contribution in [-0.2, 0) is 5.41 Å². The highest BCUT2D eigenvalue weighted by atomic mass is 16.3. The van der Waals surface area contributed by atoms with Gasteiger partial charge in [0.15, 0.2) is 5.82 Å². The standard InChI is InChI=1S/C34H35N7O2/c35-33-31(18-30(37-38-33)29-10-4-5-11-32(29)43)40-19-27-12-13-28(20-40)41(27)26-14-15-36-25(17-26)9-6-16-39-21-34(22-39,23-42)24-7-2-1-3-8-24/h1-5,7-8,10-11,14-15,17-18,27-28,42-43H,12-13,16,19-23H2,(H2,35,38). The molecule has 9 nitrogen and oxygen atoms in total. The van der Waals surface area contributed by atoms with Gasteiger partial charge in [-0.2, -0.15) is 0 Å². The Morgan fingerprint density at radius 3 is 2.42 bits per heavy atom. The van der Waals surface area contributed by atoms with E-state index in [4.69, 9.17) is 5.73 Å². The van der Waals surface area contributed by atoms with E-state index in [-0.39, 0.29) is 17.8 Å². The van der Waals surface area contributed by atoms with Gasteiger partial charge in [-0.25, -0.2) is 4.98 Å². The Balaban J connectivity index is 1.02. The Hall–Kier alpha value is -4.65. The third-order valence-corrected chi connectivity index (χ3v) is 9.11. The van der Waals surface area contributed by atoms with Crippen LogP contribution in [0, 0.1) is 11.8 Å². The van der Waals surface area contributed by atoms with E-state index >= 15 is 0 Å². The lowest BCUT2D eigenvalue weighted by Gasteiger charge is -2.49. The van der Waals surface area contributed by atoms with Gasteiger partial charge in [-0.05, 0) is 54.7 Å². The predicted octanol–water partition coefficient (Wildman–Crippen LogP) is 3.28. The number of para-hydroxylation sites is 1. The maximum absolute atomic E-state index is 10.3. The topological polar surface area (TPSA) is 115 Å². The summed E-state index contributed by atoms with van der Waals surface area (Å²) in [7, 11) is 0. The Morgan fingerprint density at radius 2 is 1.67 bits per heavy atom. The second-order valence-electron chi connectivity index (χ2n) is 11.9. The molecule has 0 spiro atoms.